The monoisotopic (exact) mass is 361 g/mol. The number of hydrogen-bond acceptors (Lipinski definition) is 6. The van der Waals surface area contributed by atoms with E-state index in [-0.39, 0.29) is 5.82 Å². The zero-order chi connectivity index (χ0) is 18.0. The van der Waals surface area contributed by atoms with Crippen LogP contribution in [0.25, 0.3) is 0 Å². The molecule has 1 aromatic heterocycles. The van der Waals surface area contributed by atoms with Gasteiger partial charge in [0.15, 0.2) is 11.5 Å². The molecule has 2 N–H and O–H groups in total. The van der Waals surface area contributed by atoms with Crippen LogP contribution < -0.4 is 15.2 Å². The van der Waals surface area contributed by atoms with Crippen molar-refractivity contribution in [2.45, 2.75) is 19.5 Å². The summed E-state index contributed by atoms with van der Waals surface area (Å²) in [6.45, 7) is 2.00. The maximum Gasteiger partial charge on any atom is 0.286 e. The van der Waals surface area contributed by atoms with Gasteiger partial charge in [-0.1, -0.05) is 17.7 Å². The van der Waals surface area contributed by atoms with Crippen molar-refractivity contribution in [1.29, 1.82) is 0 Å². The Labute approximate surface area is 150 Å². The molecule has 0 spiro atoms. The van der Waals surface area contributed by atoms with E-state index in [9.17, 15) is 4.79 Å². The highest BCUT2D eigenvalue weighted by atomic mass is 35.5. The van der Waals surface area contributed by atoms with Crippen LogP contribution in [-0.4, -0.2) is 41.5 Å². The zero-order valence-electron chi connectivity index (χ0n) is 14.0. The van der Waals surface area contributed by atoms with Gasteiger partial charge < -0.3 is 15.2 Å². The van der Waals surface area contributed by atoms with Gasteiger partial charge in [0.05, 0.1) is 31.1 Å². The Hall–Kier alpha value is -2.38. The van der Waals surface area contributed by atoms with Crippen LogP contribution in [0.1, 0.15) is 27.4 Å². The third-order valence-electron chi connectivity index (χ3n) is 4.12. The predicted octanol–water partition coefficient (Wildman–Crippen LogP) is 1.60. The quantitative estimate of drug-likeness (QED) is 0.870. The molecular weight excluding hydrogens is 344 g/mol. The van der Waals surface area contributed by atoms with E-state index in [1.165, 1.54) is 0 Å². The second kappa shape index (κ2) is 7.25. The lowest BCUT2D eigenvalue weighted by Crippen LogP contribution is -2.32. The molecule has 0 unspecified atom stereocenters. The minimum atomic E-state index is -0.654. The van der Waals surface area contributed by atoms with Crippen LogP contribution in [0, 0.1) is 6.20 Å². The van der Waals surface area contributed by atoms with E-state index >= 15 is 0 Å². The first-order valence-electron chi connectivity index (χ1n) is 7.72. The molecule has 1 amide bonds. The molecule has 2 heterocycles. The second-order valence-corrected chi connectivity index (χ2v) is 6.06. The lowest BCUT2D eigenvalue weighted by molar-refractivity contribution is 0.0989. The van der Waals surface area contributed by atoms with Gasteiger partial charge in [-0.3, -0.25) is 9.69 Å². The molecule has 8 heteroatoms. The number of amides is 1. The molecule has 0 saturated heterocycles. The number of aromatic nitrogens is 2. The predicted molar refractivity (Wildman–Crippen MR) is 91.8 cm³/mol. The van der Waals surface area contributed by atoms with Gasteiger partial charge in [0.2, 0.25) is 5.82 Å². The van der Waals surface area contributed by atoms with Gasteiger partial charge >= 0.3 is 0 Å². The SMILES string of the molecule is COc1ccc(CN2CCc3[c]nc(C(N)=O)nc3C2)c(Cl)c1OC. The highest BCUT2D eigenvalue weighted by molar-refractivity contribution is 6.33. The van der Waals surface area contributed by atoms with Crippen LogP contribution in [0.15, 0.2) is 12.1 Å². The Kier molecular flexibility index (Phi) is 5.06. The molecule has 0 atom stereocenters. The number of benzene rings is 1. The third-order valence-corrected chi connectivity index (χ3v) is 4.53. The summed E-state index contributed by atoms with van der Waals surface area (Å²) in [6.07, 6.45) is 3.61. The highest BCUT2D eigenvalue weighted by Gasteiger charge is 2.22. The van der Waals surface area contributed by atoms with Gasteiger partial charge in [0.25, 0.3) is 5.91 Å². The van der Waals surface area contributed by atoms with Crippen molar-refractivity contribution in [1.82, 2.24) is 14.9 Å². The zero-order valence-corrected chi connectivity index (χ0v) is 14.8. The van der Waals surface area contributed by atoms with Crippen molar-refractivity contribution in [2.24, 2.45) is 5.73 Å². The molecule has 0 fully saturated rings. The Morgan fingerprint density at radius 1 is 1.40 bits per heavy atom. The number of halogens is 1. The van der Waals surface area contributed by atoms with Crippen molar-refractivity contribution in [3.8, 4) is 11.5 Å². The standard InChI is InChI=1S/C17H18ClN4O3/c1-24-13-4-3-11(14(18)15(13)25-2)8-22-6-5-10-7-20-17(16(19)23)21-12(10)9-22/h3-4H,5-6,8-9H2,1-2H3,(H2,19,23). The summed E-state index contributed by atoms with van der Waals surface area (Å²) >= 11 is 6.45. The summed E-state index contributed by atoms with van der Waals surface area (Å²) in [5.74, 6) is 0.447. The van der Waals surface area contributed by atoms with Crippen LogP contribution in [0.3, 0.4) is 0 Å². The van der Waals surface area contributed by atoms with Gasteiger partial charge in [-0.15, -0.1) is 0 Å². The van der Waals surface area contributed by atoms with Crippen molar-refractivity contribution >= 4 is 17.5 Å². The number of rotatable bonds is 5. The number of carbonyl (C=O) groups is 1. The molecular formula is C17H18ClN4O3. The minimum absolute atomic E-state index is 0.00949. The average Bonchev–Trinajstić information content (AvgIpc) is 2.62. The Bertz CT molecular complexity index is 813. The fraction of sp³-hybridized carbons (Fsp3) is 0.353. The molecule has 1 aliphatic heterocycles. The molecule has 2 aromatic rings. The van der Waals surface area contributed by atoms with Crippen LogP contribution in [0.5, 0.6) is 11.5 Å². The first-order valence-corrected chi connectivity index (χ1v) is 8.10. The topological polar surface area (TPSA) is 90.6 Å². The second-order valence-electron chi connectivity index (χ2n) is 5.68. The van der Waals surface area contributed by atoms with Crippen LogP contribution in [0.2, 0.25) is 5.02 Å². The number of carbonyl (C=O) groups excluding carboxylic acids is 1. The van der Waals surface area contributed by atoms with Gasteiger partial charge in [-0.2, -0.15) is 0 Å². The molecule has 1 radical (unpaired) electrons. The molecule has 1 aliphatic rings. The van der Waals surface area contributed by atoms with Crippen LogP contribution >= 0.6 is 11.6 Å². The Morgan fingerprint density at radius 2 is 2.20 bits per heavy atom. The molecule has 7 nitrogen and oxygen atoms in total. The molecule has 3 rings (SSSR count). The molecule has 0 saturated carbocycles. The summed E-state index contributed by atoms with van der Waals surface area (Å²) in [6, 6.07) is 3.75. The van der Waals surface area contributed by atoms with E-state index in [0.29, 0.717) is 29.6 Å². The van der Waals surface area contributed by atoms with E-state index in [4.69, 9.17) is 26.8 Å². The normalized spacial score (nSPS) is 14.0. The molecule has 0 bridgehead atoms. The Balaban J connectivity index is 1.81. The van der Waals surface area contributed by atoms with E-state index in [0.717, 1.165) is 29.8 Å². The van der Waals surface area contributed by atoms with Crippen LogP contribution in [-0.2, 0) is 19.5 Å². The maximum absolute atomic E-state index is 11.3. The highest BCUT2D eigenvalue weighted by Crippen LogP contribution is 2.38. The number of fused-ring (bicyclic) bond motifs is 1. The maximum atomic E-state index is 11.3. The van der Waals surface area contributed by atoms with Crippen LogP contribution in [0.4, 0.5) is 0 Å². The van der Waals surface area contributed by atoms with E-state index < -0.39 is 5.91 Å². The first-order chi connectivity index (χ1) is 12.0. The van der Waals surface area contributed by atoms with Crippen molar-refractivity contribution in [3.63, 3.8) is 0 Å². The fourth-order valence-corrected chi connectivity index (χ4v) is 3.13. The lowest BCUT2D eigenvalue weighted by Gasteiger charge is -2.28. The number of primary amides is 1. The largest absolute Gasteiger partial charge is 0.493 e. The average molecular weight is 362 g/mol. The van der Waals surface area contributed by atoms with Gasteiger partial charge in [0.1, 0.15) is 0 Å². The van der Waals surface area contributed by atoms with Crippen molar-refractivity contribution in [3.05, 3.63) is 46.0 Å². The van der Waals surface area contributed by atoms with Crippen molar-refractivity contribution < 1.29 is 14.3 Å². The number of hydrogen-bond donors (Lipinski definition) is 1. The van der Waals surface area contributed by atoms with E-state index in [1.54, 1.807) is 14.2 Å². The minimum Gasteiger partial charge on any atom is -0.493 e. The van der Waals surface area contributed by atoms with Gasteiger partial charge in [0, 0.05) is 25.2 Å². The third kappa shape index (κ3) is 3.52. The Morgan fingerprint density at radius 3 is 2.88 bits per heavy atom. The summed E-state index contributed by atoms with van der Waals surface area (Å²) in [5.41, 5.74) is 7.86. The number of nitrogens with zero attached hydrogens (tertiary/aromatic N) is 3. The van der Waals surface area contributed by atoms with Crippen molar-refractivity contribution in [2.75, 3.05) is 20.8 Å². The number of ether oxygens (including phenoxy) is 2. The molecule has 131 valence electrons. The number of nitrogens with two attached hydrogens (primary N) is 1. The summed E-state index contributed by atoms with van der Waals surface area (Å²) < 4.78 is 10.6. The lowest BCUT2D eigenvalue weighted by atomic mass is 10.1. The summed E-state index contributed by atoms with van der Waals surface area (Å²) in [4.78, 5) is 21.6. The number of methoxy groups -OCH3 is 2. The van der Waals surface area contributed by atoms with Gasteiger partial charge in [-0.25, -0.2) is 9.97 Å². The van der Waals surface area contributed by atoms with Gasteiger partial charge in [-0.05, 0) is 18.1 Å². The fourth-order valence-electron chi connectivity index (χ4n) is 2.84. The first kappa shape index (κ1) is 17.4. The molecule has 0 aliphatic carbocycles. The van der Waals surface area contributed by atoms with E-state index in [2.05, 4.69) is 21.1 Å². The van der Waals surface area contributed by atoms with E-state index in [1.807, 2.05) is 12.1 Å². The molecule has 1 aromatic carbocycles. The summed E-state index contributed by atoms with van der Waals surface area (Å²) in [5, 5.41) is 0.528. The molecule has 25 heavy (non-hydrogen) atoms. The smallest absolute Gasteiger partial charge is 0.286 e. The summed E-state index contributed by atoms with van der Waals surface area (Å²) in [7, 11) is 3.13.